The van der Waals surface area contributed by atoms with Gasteiger partial charge in [0.25, 0.3) is 0 Å². The Kier molecular flexibility index (Phi) is 5.16. The third kappa shape index (κ3) is 3.95. The molecule has 6 nitrogen and oxygen atoms in total. The van der Waals surface area contributed by atoms with Crippen molar-refractivity contribution in [1.29, 1.82) is 0 Å². The fraction of sp³-hybridized carbons (Fsp3) is 0.467. The Bertz CT molecular complexity index is 492. The Morgan fingerprint density at radius 2 is 2.10 bits per heavy atom. The molecule has 6 heteroatoms. The maximum atomic E-state index is 12.2. The average molecular weight is 292 g/mol. The van der Waals surface area contributed by atoms with E-state index in [1.807, 2.05) is 37.3 Å². The van der Waals surface area contributed by atoms with Crippen LogP contribution in [0.15, 0.2) is 30.3 Å². The first-order chi connectivity index (χ1) is 10.1. The Hall–Kier alpha value is -2.08. The molecule has 1 fully saturated rings. The minimum absolute atomic E-state index is 0.102. The molecule has 1 aliphatic heterocycles. The van der Waals surface area contributed by atoms with Crippen LogP contribution >= 0.6 is 0 Å². The Morgan fingerprint density at radius 1 is 1.38 bits per heavy atom. The highest BCUT2D eigenvalue weighted by atomic mass is 16.6. The molecule has 0 aromatic heterocycles. The van der Waals surface area contributed by atoms with Gasteiger partial charge in [-0.1, -0.05) is 30.3 Å². The third-order valence-electron chi connectivity index (χ3n) is 3.30. The molecule has 0 saturated carbocycles. The minimum Gasteiger partial charge on any atom is -0.445 e. The molecule has 2 amide bonds. The van der Waals surface area contributed by atoms with Crippen molar-refractivity contribution >= 4 is 12.0 Å². The van der Waals surface area contributed by atoms with Crippen LogP contribution in [0.1, 0.15) is 12.5 Å². The number of hydrogen-bond acceptors (Lipinski definition) is 4. The fourth-order valence-corrected chi connectivity index (χ4v) is 2.28. The number of nitrogens with one attached hydrogen (secondary N) is 1. The molecule has 2 rings (SSSR count). The molecule has 2 atom stereocenters. The van der Waals surface area contributed by atoms with Crippen molar-refractivity contribution in [2.75, 3.05) is 20.3 Å². The van der Waals surface area contributed by atoms with E-state index in [4.69, 9.17) is 9.47 Å². The lowest BCUT2D eigenvalue weighted by atomic mass is 10.1. The average Bonchev–Trinajstić information content (AvgIpc) is 2.48. The monoisotopic (exact) mass is 292 g/mol. The molecule has 0 radical (unpaired) electrons. The van der Waals surface area contributed by atoms with Crippen molar-refractivity contribution in [3.8, 4) is 0 Å². The zero-order valence-corrected chi connectivity index (χ0v) is 12.2. The van der Waals surface area contributed by atoms with Crippen LogP contribution in [0.5, 0.6) is 0 Å². The normalized spacial score (nSPS) is 21.8. The van der Waals surface area contributed by atoms with E-state index in [9.17, 15) is 9.59 Å². The highest BCUT2D eigenvalue weighted by molar-refractivity contribution is 5.87. The Morgan fingerprint density at radius 3 is 2.76 bits per heavy atom. The summed E-state index contributed by atoms with van der Waals surface area (Å²) in [6.07, 6.45) is -0.498. The van der Waals surface area contributed by atoms with Gasteiger partial charge in [-0.2, -0.15) is 0 Å². The topological polar surface area (TPSA) is 67.9 Å². The van der Waals surface area contributed by atoms with Gasteiger partial charge in [0, 0.05) is 19.7 Å². The summed E-state index contributed by atoms with van der Waals surface area (Å²) in [6.45, 7) is 2.59. The molecule has 1 N–H and O–H groups in total. The number of piperazine rings is 1. The van der Waals surface area contributed by atoms with Crippen molar-refractivity contribution in [3.63, 3.8) is 0 Å². The predicted octanol–water partition coefficient (Wildman–Crippen LogP) is 1.16. The van der Waals surface area contributed by atoms with Gasteiger partial charge in [-0.25, -0.2) is 4.79 Å². The first-order valence-electron chi connectivity index (χ1n) is 6.88. The molecule has 2 unspecified atom stereocenters. The second kappa shape index (κ2) is 7.08. The van der Waals surface area contributed by atoms with E-state index in [0.29, 0.717) is 6.54 Å². The van der Waals surface area contributed by atoms with Crippen LogP contribution in [-0.2, 0) is 20.9 Å². The number of methoxy groups -OCH3 is 1. The number of hydrogen-bond donors (Lipinski definition) is 1. The van der Waals surface area contributed by atoms with Crippen LogP contribution in [0.25, 0.3) is 0 Å². The summed E-state index contributed by atoms with van der Waals surface area (Å²) in [5, 5.41) is 2.80. The summed E-state index contributed by atoms with van der Waals surface area (Å²) in [4.78, 5) is 25.6. The van der Waals surface area contributed by atoms with Gasteiger partial charge in [-0.05, 0) is 12.5 Å². The summed E-state index contributed by atoms with van der Waals surface area (Å²) in [7, 11) is 1.50. The fourth-order valence-electron chi connectivity index (χ4n) is 2.28. The number of carbonyl (C=O) groups is 2. The number of ether oxygens (including phenoxy) is 2. The Balaban J connectivity index is 1.99. The van der Waals surface area contributed by atoms with E-state index >= 15 is 0 Å². The summed E-state index contributed by atoms with van der Waals surface area (Å²) in [5.74, 6) is -0.215. The second-order valence-electron chi connectivity index (χ2n) is 5.07. The summed E-state index contributed by atoms with van der Waals surface area (Å²) in [6, 6.07) is 8.68. The minimum atomic E-state index is -0.644. The lowest BCUT2D eigenvalue weighted by Crippen LogP contribution is -2.62. The van der Waals surface area contributed by atoms with E-state index < -0.39 is 12.1 Å². The standard InChI is InChI=1S/C15H20N2O4/c1-11-8-17(13(10-20-2)14(18)16-11)15(19)21-9-12-6-4-3-5-7-12/h3-7,11,13H,8-10H2,1-2H3,(H,16,18). The number of benzene rings is 1. The maximum Gasteiger partial charge on any atom is 0.410 e. The largest absolute Gasteiger partial charge is 0.445 e. The molecule has 21 heavy (non-hydrogen) atoms. The number of nitrogens with zero attached hydrogens (tertiary/aromatic N) is 1. The molecule has 114 valence electrons. The quantitative estimate of drug-likeness (QED) is 0.904. The number of rotatable bonds is 4. The van der Waals surface area contributed by atoms with Crippen molar-refractivity contribution in [1.82, 2.24) is 10.2 Å². The van der Waals surface area contributed by atoms with E-state index in [-0.39, 0.29) is 25.2 Å². The summed E-state index contributed by atoms with van der Waals surface area (Å²) in [5.41, 5.74) is 0.906. The highest BCUT2D eigenvalue weighted by Gasteiger charge is 2.36. The molecule has 1 aromatic rings. The zero-order chi connectivity index (χ0) is 15.2. The van der Waals surface area contributed by atoms with Crippen LogP contribution in [0.3, 0.4) is 0 Å². The Labute approximate surface area is 124 Å². The lowest BCUT2D eigenvalue weighted by Gasteiger charge is -2.37. The van der Waals surface area contributed by atoms with Gasteiger partial charge < -0.3 is 14.8 Å². The third-order valence-corrected chi connectivity index (χ3v) is 3.30. The molecule has 0 bridgehead atoms. The first-order valence-corrected chi connectivity index (χ1v) is 6.88. The van der Waals surface area contributed by atoms with Crippen molar-refractivity contribution in [3.05, 3.63) is 35.9 Å². The van der Waals surface area contributed by atoms with Gasteiger partial charge in [0.2, 0.25) is 5.91 Å². The van der Waals surface area contributed by atoms with Gasteiger partial charge in [0.05, 0.1) is 6.61 Å². The molecular formula is C15H20N2O4. The number of amides is 2. The molecule has 0 aliphatic carbocycles. The van der Waals surface area contributed by atoms with Gasteiger partial charge in [0.1, 0.15) is 12.6 Å². The predicted molar refractivity (Wildman–Crippen MR) is 76.6 cm³/mol. The summed E-state index contributed by atoms with van der Waals surface area (Å²) < 4.78 is 10.3. The highest BCUT2D eigenvalue weighted by Crippen LogP contribution is 2.12. The molecule has 1 aliphatic rings. The SMILES string of the molecule is COCC1C(=O)NC(C)CN1C(=O)OCc1ccccc1. The van der Waals surface area contributed by atoms with Gasteiger partial charge in [0.15, 0.2) is 0 Å². The maximum absolute atomic E-state index is 12.2. The van der Waals surface area contributed by atoms with Gasteiger partial charge >= 0.3 is 6.09 Å². The smallest absolute Gasteiger partial charge is 0.410 e. The van der Waals surface area contributed by atoms with E-state index in [0.717, 1.165) is 5.56 Å². The summed E-state index contributed by atoms with van der Waals surface area (Å²) >= 11 is 0. The van der Waals surface area contributed by atoms with Gasteiger partial charge in [-0.15, -0.1) is 0 Å². The molecule has 0 spiro atoms. The molecule has 1 aromatic carbocycles. The van der Waals surface area contributed by atoms with Crippen LogP contribution in [-0.4, -0.2) is 49.2 Å². The van der Waals surface area contributed by atoms with Crippen molar-refractivity contribution < 1.29 is 19.1 Å². The number of carbonyl (C=O) groups excluding carboxylic acids is 2. The molecule has 1 saturated heterocycles. The van der Waals surface area contributed by atoms with E-state index in [2.05, 4.69) is 5.32 Å². The first kappa shape index (κ1) is 15.3. The van der Waals surface area contributed by atoms with E-state index in [1.54, 1.807) is 0 Å². The van der Waals surface area contributed by atoms with E-state index in [1.165, 1.54) is 12.0 Å². The van der Waals surface area contributed by atoms with Gasteiger partial charge in [-0.3, -0.25) is 9.69 Å². The molecular weight excluding hydrogens is 272 g/mol. The zero-order valence-electron chi connectivity index (χ0n) is 12.2. The van der Waals surface area contributed by atoms with Crippen LogP contribution in [0.2, 0.25) is 0 Å². The second-order valence-corrected chi connectivity index (χ2v) is 5.07. The van der Waals surface area contributed by atoms with Crippen LogP contribution in [0, 0.1) is 0 Å². The molecule has 1 heterocycles. The van der Waals surface area contributed by atoms with Crippen molar-refractivity contribution in [2.45, 2.75) is 25.6 Å². The van der Waals surface area contributed by atoms with Crippen molar-refractivity contribution in [2.24, 2.45) is 0 Å². The van der Waals surface area contributed by atoms with Crippen LogP contribution < -0.4 is 5.32 Å². The lowest BCUT2D eigenvalue weighted by molar-refractivity contribution is -0.131. The van der Waals surface area contributed by atoms with Crippen LogP contribution in [0.4, 0.5) is 4.79 Å².